The normalized spacial score (nSPS) is 22.0. The largest absolute Gasteiger partial charge is 0.416 e. The number of halogens is 5. The third-order valence-corrected chi connectivity index (χ3v) is 7.47. The molecule has 1 saturated heterocycles. The molecule has 0 bridgehead atoms. The molecule has 2 heterocycles. The molecule has 32 heavy (non-hydrogen) atoms. The molecule has 9 heteroatoms. The zero-order valence-corrected chi connectivity index (χ0v) is 19.5. The van der Waals surface area contributed by atoms with Gasteiger partial charge in [0.2, 0.25) is 0 Å². The van der Waals surface area contributed by atoms with Gasteiger partial charge >= 0.3 is 6.18 Å². The van der Waals surface area contributed by atoms with Gasteiger partial charge in [0.15, 0.2) is 0 Å². The second kappa shape index (κ2) is 8.92. The average molecular weight is 489 g/mol. The van der Waals surface area contributed by atoms with Crippen molar-refractivity contribution in [2.45, 2.75) is 44.8 Å². The number of benzene rings is 1. The van der Waals surface area contributed by atoms with Crippen LogP contribution in [0.4, 0.5) is 18.9 Å². The lowest BCUT2D eigenvalue weighted by Crippen LogP contribution is -2.42. The topological polar surface area (TPSA) is 32.8 Å². The molecular formula is C23H25Cl2F3N2O2. The van der Waals surface area contributed by atoms with Gasteiger partial charge in [0, 0.05) is 42.5 Å². The molecule has 1 amide bonds. The Kier molecular flexibility index (Phi) is 6.54. The highest BCUT2D eigenvalue weighted by atomic mass is 35.5. The average Bonchev–Trinajstić information content (AvgIpc) is 3.07. The standard InChI is InChI=1S/C23H25Cl2F3N2O2/c1-13-9-14(23(26,27)28)10-20-17(13)11-15(29(20)2)12-18-19(24)4-3-16(21(18)25)22(31)30-5-7-32-8-6-30/h9-10,15H,3-8,11-12H2,1-2H3. The van der Waals surface area contributed by atoms with Gasteiger partial charge in [-0.15, -0.1) is 0 Å². The van der Waals surface area contributed by atoms with Crippen molar-refractivity contribution >= 4 is 34.8 Å². The third kappa shape index (κ3) is 4.39. The Morgan fingerprint density at radius 3 is 2.53 bits per heavy atom. The number of hydrogen-bond acceptors (Lipinski definition) is 3. The molecule has 0 N–H and O–H groups in total. The number of anilines is 1. The molecule has 1 atom stereocenters. The summed E-state index contributed by atoms with van der Waals surface area (Å²) in [6.07, 6.45) is -2.33. The van der Waals surface area contributed by atoms with Crippen molar-refractivity contribution in [3.05, 3.63) is 50.0 Å². The van der Waals surface area contributed by atoms with Gasteiger partial charge in [0.05, 0.1) is 23.8 Å². The maximum absolute atomic E-state index is 13.3. The minimum atomic E-state index is -4.39. The van der Waals surface area contributed by atoms with Crippen LogP contribution in [0.25, 0.3) is 0 Å². The van der Waals surface area contributed by atoms with Crippen LogP contribution in [-0.4, -0.2) is 50.2 Å². The van der Waals surface area contributed by atoms with E-state index in [-0.39, 0.29) is 11.9 Å². The van der Waals surface area contributed by atoms with Gasteiger partial charge in [-0.1, -0.05) is 23.2 Å². The first-order chi connectivity index (χ1) is 15.1. The molecule has 2 aliphatic heterocycles. The maximum atomic E-state index is 13.3. The molecule has 3 aliphatic rings. The van der Waals surface area contributed by atoms with E-state index in [4.69, 9.17) is 27.9 Å². The number of carbonyl (C=O) groups excluding carboxylic acids is 1. The summed E-state index contributed by atoms with van der Waals surface area (Å²) in [5, 5.41) is 1.00. The van der Waals surface area contributed by atoms with E-state index in [1.54, 1.807) is 18.9 Å². The number of hydrogen-bond donors (Lipinski definition) is 0. The summed E-state index contributed by atoms with van der Waals surface area (Å²) < 4.78 is 45.2. The first-order valence-electron chi connectivity index (χ1n) is 10.6. The van der Waals surface area contributed by atoms with Crippen LogP contribution in [0.3, 0.4) is 0 Å². The van der Waals surface area contributed by atoms with E-state index < -0.39 is 11.7 Å². The van der Waals surface area contributed by atoms with Crippen LogP contribution >= 0.6 is 23.2 Å². The van der Waals surface area contributed by atoms with Crippen molar-refractivity contribution in [1.29, 1.82) is 0 Å². The van der Waals surface area contributed by atoms with Crippen LogP contribution in [0.5, 0.6) is 0 Å². The molecule has 0 aromatic heterocycles. The summed E-state index contributed by atoms with van der Waals surface area (Å²) in [6, 6.07) is 2.32. The Hall–Kier alpha value is -1.70. The molecule has 0 spiro atoms. The molecule has 1 aliphatic carbocycles. The van der Waals surface area contributed by atoms with Crippen molar-refractivity contribution in [2.75, 3.05) is 38.3 Å². The monoisotopic (exact) mass is 488 g/mol. The molecule has 1 fully saturated rings. The number of morpholine rings is 1. The Bertz CT molecular complexity index is 998. The van der Waals surface area contributed by atoms with Gasteiger partial charge in [0.25, 0.3) is 5.91 Å². The lowest BCUT2D eigenvalue weighted by molar-refractivity contribution is -0.137. The van der Waals surface area contributed by atoms with Crippen LogP contribution < -0.4 is 4.90 Å². The van der Waals surface area contributed by atoms with E-state index in [1.807, 2.05) is 4.90 Å². The lowest BCUT2D eigenvalue weighted by Gasteiger charge is -2.31. The van der Waals surface area contributed by atoms with Crippen LogP contribution in [0.15, 0.2) is 33.3 Å². The van der Waals surface area contributed by atoms with Gasteiger partial charge in [-0.05, 0) is 61.4 Å². The van der Waals surface area contributed by atoms with Crippen LogP contribution in [0.1, 0.15) is 36.0 Å². The van der Waals surface area contributed by atoms with Gasteiger partial charge in [-0.2, -0.15) is 13.2 Å². The van der Waals surface area contributed by atoms with E-state index in [1.165, 1.54) is 12.1 Å². The van der Waals surface area contributed by atoms with E-state index in [0.29, 0.717) is 78.9 Å². The highest BCUT2D eigenvalue weighted by Crippen LogP contribution is 2.44. The zero-order valence-electron chi connectivity index (χ0n) is 18.0. The smallest absolute Gasteiger partial charge is 0.378 e. The lowest BCUT2D eigenvalue weighted by atomic mass is 9.92. The fraction of sp³-hybridized carbons (Fsp3) is 0.522. The van der Waals surface area contributed by atoms with Gasteiger partial charge < -0.3 is 14.5 Å². The third-order valence-electron chi connectivity index (χ3n) is 6.59. The zero-order chi connectivity index (χ0) is 23.2. The highest BCUT2D eigenvalue weighted by molar-refractivity contribution is 6.37. The van der Waals surface area contributed by atoms with Gasteiger partial charge in [-0.3, -0.25) is 4.79 Å². The number of rotatable bonds is 3. The van der Waals surface area contributed by atoms with Crippen molar-refractivity contribution in [2.24, 2.45) is 0 Å². The molecule has 1 aromatic carbocycles. The van der Waals surface area contributed by atoms with Crippen LogP contribution in [-0.2, 0) is 22.1 Å². The molecule has 174 valence electrons. The molecule has 1 unspecified atom stereocenters. The number of allylic oxidation sites excluding steroid dienone is 2. The number of ether oxygens (including phenoxy) is 1. The Balaban J connectivity index is 1.58. The second-order valence-corrected chi connectivity index (χ2v) is 9.38. The molecular weight excluding hydrogens is 464 g/mol. The van der Waals surface area contributed by atoms with Gasteiger partial charge in [0.1, 0.15) is 0 Å². The van der Waals surface area contributed by atoms with Crippen molar-refractivity contribution in [1.82, 2.24) is 4.90 Å². The number of carbonyl (C=O) groups is 1. The van der Waals surface area contributed by atoms with E-state index in [9.17, 15) is 18.0 Å². The Labute approximate surface area is 195 Å². The Morgan fingerprint density at radius 2 is 1.88 bits per heavy atom. The number of likely N-dealkylation sites (N-methyl/N-ethyl adjacent to an activating group) is 1. The fourth-order valence-electron chi connectivity index (χ4n) is 4.71. The van der Waals surface area contributed by atoms with Crippen LogP contribution in [0, 0.1) is 6.92 Å². The summed E-state index contributed by atoms with van der Waals surface area (Å²) in [6.45, 7) is 3.78. The minimum Gasteiger partial charge on any atom is -0.378 e. The first-order valence-corrected chi connectivity index (χ1v) is 11.4. The number of amides is 1. The highest BCUT2D eigenvalue weighted by Gasteiger charge is 2.37. The van der Waals surface area contributed by atoms with Crippen molar-refractivity contribution < 1.29 is 22.7 Å². The molecule has 0 saturated carbocycles. The SMILES string of the molecule is Cc1cc(C(F)(F)F)cc2c1CC(CC1=C(Cl)CCC(C(=O)N3CCOCC3)=C1Cl)N2C. The second-order valence-electron chi connectivity index (χ2n) is 8.54. The predicted octanol–water partition coefficient (Wildman–Crippen LogP) is 5.40. The number of alkyl halides is 3. The summed E-state index contributed by atoms with van der Waals surface area (Å²) in [7, 11) is 1.80. The number of aryl methyl sites for hydroxylation is 1. The predicted molar refractivity (Wildman–Crippen MR) is 119 cm³/mol. The molecule has 4 nitrogen and oxygen atoms in total. The van der Waals surface area contributed by atoms with E-state index in [0.717, 1.165) is 11.1 Å². The summed E-state index contributed by atoms with van der Waals surface area (Å²) >= 11 is 13.2. The van der Waals surface area contributed by atoms with E-state index in [2.05, 4.69) is 0 Å². The van der Waals surface area contributed by atoms with Gasteiger partial charge in [-0.25, -0.2) is 0 Å². The summed E-state index contributed by atoms with van der Waals surface area (Å²) in [5.74, 6) is -0.0892. The van der Waals surface area contributed by atoms with Crippen molar-refractivity contribution in [3.8, 4) is 0 Å². The molecule has 4 rings (SSSR count). The molecule has 0 radical (unpaired) electrons. The first kappa shape index (κ1) is 23.5. The van der Waals surface area contributed by atoms with Crippen LogP contribution in [0.2, 0.25) is 0 Å². The summed E-state index contributed by atoms with van der Waals surface area (Å²) in [5.41, 5.74) is 2.74. The fourth-order valence-corrected chi connectivity index (χ4v) is 5.39. The maximum Gasteiger partial charge on any atom is 0.416 e. The quantitative estimate of drug-likeness (QED) is 0.570. The molecule has 1 aromatic rings. The number of nitrogens with zero attached hydrogens (tertiary/aromatic N) is 2. The van der Waals surface area contributed by atoms with Crippen molar-refractivity contribution in [3.63, 3.8) is 0 Å². The minimum absolute atomic E-state index is 0.0892. The Morgan fingerprint density at radius 1 is 1.19 bits per heavy atom. The summed E-state index contributed by atoms with van der Waals surface area (Å²) in [4.78, 5) is 16.6. The van der Waals surface area contributed by atoms with E-state index >= 15 is 0 Å². The number of fused-ring (bicyclic) bond motifs is 1.